The Labute approximate surface area is 619 Å². The van der Waals surface area contributed by atoms with Crippen molar-refractivity contribution in [2.24, 2.45) is 5.92 Å². The van der Waals surface area contributed by atoms with Crippen LogP contribution in [0.25, 0.3) is 0 Å². The predicted molar refractivity (Wildman–Crippen MR) is 414 cm³/mol. The number of phosphoric acid groups is 2. The first-order chi connectivity index (χ1) is 49.0. The first kappa shape index (κ1) is 99.1. The van der Waals surface area contributed by atoms with Crippen LogP contribution in [0.2, 0.25) is 0 Å². The van der Waals surface area contributed by atoms with Crippen molar-refractivity contribution in [3.63, 3.8) is 0 Å². The van der Waals surface area contributed by atoms with E-state index in [4.69, 9.17) is 37.0 Å². The standard InChI is InChI=1S/C82H160O17P2/c1-6-9-12-15-17-19-21-23-25-27-29-31-33-35-37-39-44-48-52-57-62-68-82(87)99-78(72-93-80(85)66-61-56-51-47-43-38-36-34-32-30-28-26-24-22-20-18-16-13-10-7-2)74-97-101(90,91)95-70-76(83)69-94-100(88,89)96-73-77(71-92-79(84)65-60-54-14-11-8-3)98-81(86)67-63-58-53-49-45-41-40-42-46-50-55-59-64-75(4)5/h75-78,83H,6-74H2,1-5H3,(H,88,89)(H,90,91)/t76-,77+,78+/m0/s1. The van der Waals surface area contributed by atoms with E-state index in [2.05, 4.69) is 34.6 Å². The normalized spacial score (nSPS) is 13.8. The summed E-state index contributed by atoms with van der Waals surface area (Å²) < 4.78 is 68.5. The molecule has 0 aromatic carbocycles. The van der Waals surface area contributed by atoms with E-state index >= 15 is 0 Å². The molecule has 0 heterocycles. The summed E-state index contributed by atoms with van der Waals surface area (Å²) in [6, 6.07) is 0. The molecule has 19 heteroatoms. The SMILES string of the molecule is CCCCCCCCCCCCCCCCCCCCCCCC(=O)O[C@H](COC(=O)CCCCCCCCCCCCCCCCCCCCCC)COP(=O)(O)OC[C@@H](O)COP(=O)(O)OC[C@@H](COC(=O)CCCCCCC)OC(=O)CCCCCCCCCCCCCCC(C)C. The molecular weight excluding hydrogens is 1320 g/mol. The summed E-state index contributed by atoms with van der Waals surface area (Å²) in [5, 5.41) is 10.6. The van der Waals surface area contributed by atoms with Gasteiger partial charge in [-0.1, -0.05) is 388 Å². The van der Waals surface area contributed by atoms with E-state index in [0.717, 1.165) is 102 Å². The van der Waals surface area contributed by atoms with E-state index in [1.165, 1.54) is 257 Å². The van der Waals surface area contributed by atoms with Crippen LogP contribution in [0, 0.1) is 5.92 Å². The Kier molecular flexibility index (Phi) is 73.5. The molecule has 0 aliphatic carbocycles. The number of rotatable bonds is 82. The maximum atomic E-state index is 13.1. The molecule has 0 spiro atoms. The molecule has 0 aromatic heterocycles. The van der Waals surface area contributed by atoms with E-state index in [1.54, 1.807) is 0 Å². The lowest BCUT2D eigenvalue weighted by Gasteiger charge is -2.21. The maximum Gasteiger partial charge on any atom is 0.472 e. The third-order valence-electron chi connectivity index (χ3n) is 19.3. The average Bonchev–Trinajstić information content (AvgIpc) is 0.968. The summed E-state index contributed by atoms with van der Waals surface area (Å²) in [5.74, 6) is -1.34. The fourth-order valence-electron chi connectivity index (χ4n) is 12.8. The number of carbonyl (C=O) groups is 4. The molecule has 5 atom stereocenters. The molecule has 0 rings (SSSR count). The molecule has 17 nitrogen and oxygen atoms in total. The zero-order valence-corrected chi connectivity index (χ0v) is 67.8. The second-order valence-electron chi connectivity index (χ2n) is 30.0. The molecule has 3 N–H and O–H groups in total. The average molecular weight is 1480 g/mol. The maximum absolute atomic E-state index is 13.1. The van der Waals surface area contributed by atoms with E-state index in [-0.39, 0.29) is 25.7 Å². The van der Waals surface area contributed by atoms with Gasteiger partial charge in [0.1, 0.15) is 19.3 Å². The highest BCUT2D eigenvalue weighted by Gasteiger charge is 2.30. The Morgan fingerprint density at radius 1 is 0.267 bits per heavy atom. The summed E-state index contributed by atoms with van der Waals surface area (Å²) in [6.07, 6.45) is 67.3. The molecular formula is C82H160O17P2. The smallest absolute Gasteiger partial charge is 0.462 e. The molecule has 101 heavy (non-hydrogen) atoms. The minimum atomic E-state index is -4.96. The number of aliphatic hydroxyl groups is 1. The van der Waals surface area contributed by atoms with Crippen LogP contribution in [0.5, 0.6) is 0 Å². The third kappa shape index (κ3) is 76.1. The second-order valence-corrected chi connectivity index (χ2v) is 32.9. The van der Waals surface area contributed by atoms with Crippen molar-refractivity contribution in [3.05, 3.63) is 0 Å². The van der Waals surface area contributed by atoms with Gasteiger partial charge in [0, 0.05) is 25.7 Å². The highest BCUT2D eigenvalue weighted by Crippen LogP contribution is 2.45. The fourth-order valence-corrected chi connectivity index (χ4v) is 14.3. The van der Waals surface area contributed by atoms with E-state index in [9.17, 15) is 43.2 Å². The summed E-state index contributed by atoms with van der Waals surface area (Å²) in [7, 11) is -9.91. The highest BCUT2D eigenvalue weighted by atomic mass is 31.2. The molecule has 600 valence electrons. The van der Waals surface area contributed by atoms with Crippen molar-refractivity contribution in [1.82, 2.24) is 0 Å². The van der Waals surface area contributed by atoms with Crippen molar-refractivity contribution >= 4 is 39.5 Å². The van der Waals surface area contributed by atoms with Gasteiger partial charge in [-0.2, -0.15) is 0 Å². The molecule has 0 aromatic rings. The van der Waals surface area contributed by atoms with Gasteiger partial charge in [0.2, 0.25) is 0 Å². The number of hydrogen-bond acceptors (Lipinski definition) is 15. The number of unbranched alkanes of at least 4 members (excludes halogenated alkanes) is 54. The monoisotopic (exact) mass is 1480 g/mol. The van der Waals surface area contributed by atoms with Gasteiger partial charge in [0.05, 0.1) is 26.4 Å². The van der Waals surface area contributed by atoms with Crippen molar-refractivity contribution in [2.45, 2.75) is 457 Å². The Morgan fingerprint density at radius 2 is 0.455 bits per heavy atom. The van der Waals surface area contributed by atoms with Gasteiger partial charge >= 0.3 is 39.5 Å². The number of aliphatic hydroxyl groups excluding tert-OH is 1. The topological polar surface area (TPSA) is 237 Å². The Hall–Kier alpha value is -1.94. The summed E-state index contributed by atoms with van der Waals surface area (Å²) in [5.41, 5.74) is 0. The minimum Gasteiger partial charge on any atom is -0.462 e. The van der Waals surface area contributed by atoms with E-state index in [0.29, 0.717) is 25.7 Å². The number of esters is 4. The van der Waals surface area contributed by atoms with Crippen LogP contribution in [0.15, 0.2) is 0 Å². The number of phosphoric ester groups is 2. The van der Waals surface area contributed by atoms with Crippen LogP contribution < -0.4 is 0 Å². The van der Waals surface area contributed by atoms with Crippen LogP contribution in [-0.2, 0) is 65.4 Å². The lowest BCUT2D eigenvalue weighted by molar-refractivity contribution is -0.161. The van der Waals surface area contributed by atoms with E-state index < -0.39 is 97.5 Å². The van der Waals surface area contributed by atoms with E-state index in [1.807, 2.05) is 0 Å². The fraction of sp³-hybridized carbons (Fsp3) is 0.951. The first-order valence-electron chi connectivity index (χ1n) is 42.6. The molecule has 0 saturated carbocycles. The molecule has 0 aliphatic rings. The van der Waals surface area contributed by atoms with Gasteiger partial charge in [-0.15, -0.1) is 0 Å². The molecule has 0 saturated heterocycles. The summed E-state index contributed by atoms with van der Waals surface area (Å²) in [6.45, 7) is 7.25. The van der Waals surface area contributed by atoms with Crippen LogP contribution in [-0.4, -0.2) is 96.7 Å². The summed E-state index contributed by atoms with van der Waals surface area (Å²) >= 11 is 0. The Balaban J connectivity index is 5.11. The van der Waals surface area contributed by atoms with Crippen LogP contribution in [0.1, 0.15) is 439 Å². The van der Waals surface area contributed by atoms with Gasteiger partial charge in [0.25, 0.3) is 0 Å². The Bertz CT molecular complexity index is 1930. The highest BCUT2D eigenvalue weighted by molar-refractivity contribution is 7.47. The van der Waals surface area contributed by atoms with Crippen LogP contribution in [0.3, 0.4) is 0 Å². The quantitative estimate of drug-likeness (QED) is 0.0222. The molecule has 0 bridgehead atoms. The lowest BCUT2D eigenvalue weighted by Crippen LogP contribution is -2.30. The lowest BCUT2D eigenvalue weighted by atomic mass is 10.0. The van der Waals surface area contributed by atoms with Crippen LogP contribution in [0.4, 0.5) is 0 Å². The Morgan fingerprint density at radius 3 is 0.673 bits per heavy atom. The first-order valence-corrected chi connectivity index (χ1v) is 45.6. The van der Waals surface area contributed by atoms with Gasteiger partial charge in [-0.25, -0.2) is 9.13 Å². The third-order valence-corrected chi connectivity index (χ3v) is 21.2. The molecule has 0 amide bonds. The molecule has 0 fully saturated rings. The van der Waals surface area contributed by atoms with Gasteiger partial charge in [0.15, 0.2) is 12.2 Å². The van der Waals surface area contributed by atoms with Crippen molar-refractivity contribution in [3.8, 4) is 0 Å². The second kappa shape index (κ2) is 74.9. The zero-order valence-electron chi connectivity index (χ0n) is 66.1. The number of carbonyl (C=O) groups excluding carboxylic acids is 4. The summed E-state index contributed by atoms with van der Waals surface area (Å²) in [4.78, 5) is 72.7. The molecule has 2 unspecified atom stereocenters. The van der Waals surface area contributed by atoms with Gasteiger partial charge in [-0.3, -0.25) is 37.3 Å². The molecule has 0 radical (unpaired) electrons. The molecule has 0 aliphatic heterocycles. The van der Waals surface area contributed by atoms with Crippen LogP contribution >= 0.6 is 15.6 Å². The minimum absolute atomic E-state index is 0.106. The zero-order chi connectivity index (χ0) is 74.1. The largest absolute Gasteiger partial charge is 0.472 e. The van der Waals surface area contributed by atoms with Gasteiger partial charge < -0.3 is 33.8 Å². The number of hydrogen-bond donors (Lipinski definition) is 3. The van der Waals surface area contributed by atoms with Crippen molar-refractivity contribution in [1.29, 1.82) is 0 Å². The van der Waals surface area contributed by atoms with Crippen molar-refractivity contribution < 1.29 is 80.2 Å². The number of ether oxygens (including phenoxy) is 4. The van der Waals surface area contributed by atoms with Crippen molar-refractivity contribution in [2.75, 3.05) is 39.6 Å². The predicted octanol–water partition coefficient (Wildman–Crippen LogP) is 24.8. The van der Waals surface area contributed by atoms with Gasteiger partial charge in [-0.05, 0) is 31.6 Å².